The zero-order valence-corrected chi connectivity index (χ0v) is 8.98. The van der Waals surface area contributed by atoms with Gasteiger partial charge in [0.05, 0.1) is 18.0 Å². The molecule has 0 amide bonds. The van der Waals surface area contributed by atoms with E-state index in [4.69, 9.17) is 30.1 Å². The summed E-state index contributed by atoms with van der Waals surface area (Å²) < 4.78 is 8.88. The highest BCUT2D eigenvalue weighted by atomic mass is 79.9. The Morgan fingerprint density at radius 3 is 1.85 bits per heavy atom. The highest BCUT2D eigenvalue weighted by molar-refractivity contribution is 9.09. The van der Waals surface area contributed by atoms with E-state index in [-0.39, 0.29) is 17.7 Å². The lowest BCUT2D eigenvalue weighted by molar-refractivity contribution is -0.118. The standard InChI is InChI=1S/C4H8BrNO2.H3O4P/c5-1-4(8)3(6)2-7;1-5(2,3)4/h3,7H,1-2,6H2;(H3,1,2,3,4). The van der Waals surface area contributed by atoms with Gasteiger partial charge in [-0.05, 0) is 0 Å². The number of ketones is 1. The lowest BCUT2D eigenvalue weighted by Gasteiger charge is -2.01. The van der Waals surface area contributed by atoms with Crippen molar-refractivity contribution in [3.05, 3.63) is 0 Å². The molecule has 0 saturated heterocycles. The number of halogens is 1. The Labute approximate surface area is 82.9 Å². The average Bonchev–Trinajstić information content (AvgIpc) is 1.98. The molecule has 13 heavy (non-hydrogen) atoms. The van der Waals surface area contributed by atoms with Crippen molar-refractivity contribution >= 4 is 29.5 Å². The molecule has 0 rings (SSSR count). The molecule has 0 heterocycles. The van der Waals surface area contributed by atoms with E-state index < -0.39 is 13.9 Å². The monoisotopic (exact) mass is 279 g/mol. The molecule has 0 aromatic rings. The predicted molar refractivity (Wildman–Crippen MR) is 48.1 cm³/mol. The summed E-state index contributed by atoms with van der Waals surface area (Å²) in [6.45, 7) is -0.273. The first kappa shape index (κ1) is 15.6. The molecule has 0 aromatic carbocycles. The number of carbonyl (C=O) groups is 1. The minimum absolute atomic E-state index is 0.174. The maximum Gasteiger partial charge on any atom is 0.466 e. The third-order valence-electron chi connectivity index (χ3n) is 0.742. The maximum atomic E-state index is 10.4. The molecular weight excluding hydrogens is 269 g/mol. The summed E-state index contributed by atoms with van der Waals surface area (Å²) in [5.41, 5.74) is 5.10. The van der Waals surface area contributed by atoms with Gasteiger partial charge in [0.1, 0.15) is 0 Å². The van der Waals surface area contributed by atoms with Crippen molar-refractivity contribution in [3.63, 3.8) is 0 Å². The molecule has 0 bridgehead atoms. The van der Waals surface area contributed by atoms with E-state index >= 15 is 0 Å². The molecule has 1 atom stereocenters. The zero-order chi connectivity index (χ0) is 11.1. The van der Waals surface area contributed by atoms with Crippen molar-refractivity contribution < 1.29 is 29.1 Å². The molecule has 0 aliphatic carbocycles. The Kier molecular flexibility index (Phi) is 9.11. The fourth-order valence-corrected chi connectivity index (χ4v) is 0.617. The maximum absolute atomic E-state index is 10.4. The minimum Gasteiger partial charge on any atom is -0.394 e. The molecule has 0 spiro atoms. The minimum atomic E-state index is -4.64. The number of carbonyl (C=O) groups excluding carboxylic acids is 1. The van der Waals surface area contributed by atoms with Gasteiger partial charge in [0.25, 0.3) is 0 Å². The summed E-state index contributed by atoms with van der Waals surface area (Å²) in [7, 11) is -4.64. The molecule has 0 aromatic heterocycles. The fourth-order valence-electron chi connectivity index (χ4n) is 0.201. The second kappa shape index (κ2) is 7.57. The summed E-state index contributed by atoms with van der Waals surface area (Å²) in [4.78, 5) is 32.0. The second-order valence-corrected chi connectivity index (χ2v) is 3.49. The number of rotatable bonds is 3. The van der Waals surface area contributed by atoms with E-state index in [1.807, 2.05) is 0 Å². The van der Waals surface area contributed by atoms with Gasteiger partial charge in [-0.25, -0.2) is 4.57 Å². The van der Waals surface area contributed by atoms with Gasteiger partial charge in [0, 0.05) is 0 Å². The van der Waals surface area contributed by atoms with Gasteiger partial charge in [-0.15, -0.1) is 0 Å². The highest BCUT2D eigenvalue weighted by Crippen LogP contribution is 2.25. The number of hydrogen-bond donors (Lipinski definition) is 5. The number of Topliss-reactive ketones (excluding diaryl/α,β-unsaturated/α-hetero) is 1. The molecule has 80 valence electrons. The quantitative estimate of drug-likeness (QED) is 0.308. The third kappa shape index (κ3) is 18.9. The first-order valence-electron chi connectivity index (χ1n) is 2.95. The van der Waals surface area contributed by atoms with Gasteiger partial charge in [0.15, 0.2) is 5.78 Å². The molecular formula is C4H11BrNO6P. The summed E-state index contributed by atoms with van der Waals surface area (Å²) in [6.07, 6.45) is 0. The third-order valence-corrected chi connectivity index (χ3v) is 1.29. The van der Waals surface area contributed by atoms with Crippen molar-refractivity contribution in [2.75, 3.05) is 11.9 Å². The Bertz CT molecular complexity index is 185. The van der Waals surface area contributed by atoms with Crippen LogP contribution >= 0.6 is 23.8 Å². The molecule has 0 aliphatic heterocycles. The lowest BCUT2D eigenvalue weighted by Crippen LogP contribution is -2.34. The topological polar surface area (TPSA) is 141 Å². The van der Waals surface area contributed by atoms with E-state index in [2.05, 4.69) is 15.9 Å². The second-order valence-electron chi connectivity index (χ2n) is 1.90. The summed E-state index contributed by atoms with van der Waals surface area (Å²) in [5.74, 6) is -0.174. The first-order chi connectivity index (χ1) is 5.72. The van der Waals surface area contributed by atoms with E-state index in [9.17, 15) is 4.79 Å². The SMILES string of the molecule is NC(CO)C(=O)CBr.O=P(O)(O)O. The van der Waals surface area contributed by atoms with Crippen LogP contribution in [-0.2, 0) is 9.36 Å². The molecule has 9 heteroatoms. The fraction of sp³-hybridized carbons (Fsp3) is 0.750. The van der Waals surface area contributed by atoms with Crippen LogP contribution in [0.3, 0.4) is 0 Å². The summed E-state index contributed by atoms with van der Waals surface area (Å²) in [6, 6.07) is -0.714. The lowest BCUT2D eigenvalue weighted by atomic mass is 10.2. The predicted octanol–water partition coefficient (Wildman–Crippen LogP) is -1.66. The van der Waals surface area contributed by atoms with Gasteiger partial charge >= 0.3 is 7.82 Å². The van der Waals surface area contributed by atoms with Crippen LogP contribution in [0.25, 0.3) is 0 Å². The molecule has 1 unspecified atom stereocenters. The summed E-state index contributed by atoms with van der Waals surface area (Å²) in [5, 5.41) is 8.49. The van der Waals surface area contributed by atoms with Crippen LogP contribution in [0.2, 0.25) is 0 Å². The van der Waals surface area contributed by atoms with Crippen molar-refractivity contribution in [2.45, 2.75) is 6.04 Å². The number of hydrogen-bond acceptors (Lipinski definition) is 4. The van der Waals surface area contributed by atoms with E-state index in [0.717, 1.165) is 0 Å². The molecule has 0 fully saturated rings. The number of aliphatic hydroxyl groups excluding tert-OH is 1. The van der Waals surface area contributed by atoms with Gasteiger partial charge in [0.2, 0.25) is 0 Å². The Morgan fingerprint density at radius 1 is 1.46 bits per heavy atom. The van der Waals surface area contributed by atoms with E-state index in [1.54, 1.807) is 0 Å². The van der Waals surface area contributed by atoms with Crippen LogP contribution in [0.5, 0.6) is 0 Å². The molecule has 6 N–H and O–H groups in total. The van der Waals surface area contributed by atoms with Crippen LogP contribution in [0.4, 0.5) is 0 Å². The van der Waals surface area contributed by atoms with Crippen LogP contribution in [0, 0.1) is 0 Å². The highest BCUT2D eigenvalue weighted by Gasteiger charge is 2.08. The van der Waals surface area contributed by atoms with Gasteiger partial charge in [-0.2, -0.15) is 0 Å². The molecule has 0 saturated carbocycles. The van der Waals surface area contributed by atoms with Gasteiger partial charge < -0.3 is 25.5 Å². The molecule has 7 nitrogen and oxygen atoms in total. The molecule has 0 radical (unpaired) electrons. The Morgan fingerprint density at radius 2 is 1.77 bits per heavy atom. The smallest absolute Gasteiger partial charge is 0.394 e. The van der Waals surface area contributed by atoms with Crippen molar-refractivity contribution in [3.8, 4) is 0 Å². The van der Waals surface area contributed by atoms with Crippen LogP contribution < -0.4 is 5.73 Å². The summed E-state index contributed by atoms with van der Waals surface area (Å²) >= 11 is 2.92. The first-order valence-corrected chi connectivity index (χ1v) is 5.64. The Hall–Kier alpha value is 0.180. The average molecular weight is 280 g/mol. The van der Waals surface area contributed by atoms with Crippen molar-refractivity contribution in [1.29, 1.82) is 0 Å². The van der Waals surface area contributed by atoms with Gasteiger partial charge in [-0.1, -0.05) is 15.9 Å². The number of nitrogens with two attached hydrogens (primary N) is 1. The molecule has 0 aliphatic rings. The van der Waals surface area contributed by atoms with Crippen molar-refractivity contribution in [1.82, 2.24) is 0 Å². The largest absolute Gasteiger partial charge is 0.466 e. The zero-order valence-electron chi connectivity index (χ0n) is 6.50. The van der Waals surface area contributed by atoms with Crippen LogP contribution in [0.1, 0.15) is 0 Å². The van der Waals surface area contributed by atoms with Gasteiger partial charge in [-0.3, -0.25) is 4.79 Å². The van der Waals surface area contributed by atoms with Crippen LogP contribution in [-0.4, -0.2) is 43.5 Å². The number of phosphoric acid groups is 1. The Balaban J connectivity index is 0. The normalized spacial score (nSPS) is 12.8. The number of alkyl halides is 1. The van der Waals surface area contributed by atoms with Crippen molar-refractivity contribution in [2.24, 2.45) is 5.73 Å². The van der Waals surface area contributed by atoms with Crippen LogP contribution in [0.15, 0.2) is 0 Å². The van der Waals surface area contributed by atoms with E-state index in [1.165, 1.54) is 0 Å². The number of aliphatic hydroxyl groups is 1. The van der Waals surface area contributed by atoms with E-state index in [0.29, 0.717) is 0 Å².